The van der Waals surface area contributed by atoms with Crippen molar-refractivity contribution in [2.45, 2.75) is 37.3 Å². The molecule has 0 radical (unpaired) electrons. The summed E-state index contributed by atoms with van der Waals surface area (Å²) in [5.41, 5.74) is -0.260. The van der Waals surface area contributed by atoms with Crippen LogP contribution in [0.4, 0.5) is 0 Å². The molecule has 3 aliphatic rings. The number of carbonyl (C=O) groups excluding carboxylic acids is 2. The molecule has 1 heterocycles. The van der Waals surface area contributed by atoms with Crippen molar-refractivity contribution in [3.05, 3.63) is 46.5 Å². The third kappa shape index (κ3) is 2.57. The number of aliphatic hydroxyl groups is 1. The highest BCUT2D eigenvalue weighted by atomic mass is 32.3. The van der Waals surface area contributed by atoms with E-state index in [9.17, 15) is 28.2 Å². The van der Waals surface area contributed by atoms with Gasteiger partial charge in [0.2, 0.25) is 5.78 Å². The van der Waals surface area contributed by atoms with E-state index in [-0.39, 0.29) is 57.6 Å². The SMILES string of the molecule is CO[C@]12O[C@H](O)C3=C1[C@@](C)(CCC3=O)c1cc3c(OS(=O)(=O)O)ccc(O)c3cc1C2=O. The Balaban J connectivity index is 1.89. The summed E-state index contributed by atoms with van der Waals surface area (Å²) in [6.07, 6.45) is -1.29. The van der Waals surface area contributed by atoms with Crippen LogP contribution in [0, 0.1) is 0 Å². The molecule has 0 spiro atoms. The number of rotatable bonds is 3. The van der Waals surface area contributed by atoms with Crippen molar-refractivity contribution in [3.8, 4) is 11.5 Å². The van der Waals surface area contributed by atoms with E-state index in [1.807, 2.05) is 0 Å². The number of Topliss-reactive ketones (excluding diaryl/α,β-unsaturated/α-hetero) is 2. The molecule has 5 rings (SSSR count). The van der Waals surface area contributed by atoms with Gasteiger partial charge in [-0.15, -0.1) is 0 Å². The molecule has 0 saturated heterocycles. The van der Waals surface area contributed by atoms with E-state index < -0.39 is 33.7 Å². The van der Waals surface area contributed by atoms with Crippen LogP contribution in [0.2, 0.25) is 0 Å². The third-order valence-electron chi connectivity index (χ3n) is 6.54. The third-order valence-corrected chi connectivity index (χ3v) is 6.93. The van der Waals surface area contributed by atoms with Gasteiger partial charge < -0.3 is 23.9 Å². The predicted molar refractivity (Wildman–Crippen MR) is 108 cm³/mol. The lowest BCUT2D eigenvalue weighted by atomic mass is 9.59. The summed E-state index contributed by atoms with van der Waals surface area (Å²) in [5.74, 6) is -3.55. The van der Waals surface area contributed by atoms with Gasteiger partial charge in [-0.2, -0.15) is 8.42 Å². The summed E-state index contributed by atoms with van der Waals surface area (Å²) in [4.78, 5) is 26.2. The highest BCUT2D eigenvalue weighted by Crippen LogP contribution is 2.58. The minimum atomic E-state index is -4.86. The van der Waals surface area contributed by atoms with E-state index in [0.29, 0.717) is 5.56 Å². The van der Waals surface area contributed by atoms with Gasteiger partial charge in [-0.1, -0.05) is 6.92 Å². The molecule has 2 aromatic carbocycles. The second-order valence-corrected chi connectivity index (χ2v) is 9.22. The molecule has 2 aliphatic carbocycles. The van der Waals surface area contributed by atoms with Crippen LogP contribution in [-0.2, 0) is 30.1 Å². The molecule has 1 aliphatic heterocycles. The molecule has 0 unspecified atom stereocenters. The Morgan fingerprint density at radius 1 is 1.19 bits per heavy atom. The summed E-state index contributed by atoms with van der Waals surface area (Å²) < 4.78 is 47.5. The zero-order valence-electron chi connectivity index (χ0n) is 16.9. The van der Waals surface area contributed by atoms with E-state index in [2.05, 4.69) is 4.18 Å². The number of phenols is 1. The first-order valence-corrected chi connectivity index (χ1v) is 11.0. The number of hydrogen-bond donors (Lipinski definition) is 3. The number of phenolic OH excluding ortho intramolecular Hbond substituents is 1. The Hall–Kier alpha value is -2.83. The van der Waals surface area contributed by atoms with Crippen molar-refractivity contribution < 1.29 is 46.4 Å². The van der Waals surface area contributed by atoms with Crippen molar-refractivity contribution in [1.82, 2.24) is 0 Å². The number of benzene rings is 2. The second-order valence-electron chi connectivity index (χ2n) is 8.20. The van der Waals surface area contributed by atoms with E-state index in [1.165, 1.54) is 25.3 Å². The smallest absolute Gasteiger partial charge is 0.446 e. The van der Waals surface area contributed by atoms with Crippen LogP contribution in [0.3, 0.4) is 0 Å². The number of aliphatic hydroxyl groups excluding tert-OH is 1. The van der Waals surface area contributed by atoms with Crippen molar-refractivity contribution >= 4 is 32.7 Å². The minimum absolute atomic E-state index is 0.0231. The van der Waals surface area contributed by atoms with Crippen LogP contribution in [-0.4, -0.2) is 53.9 Å². The fourth-order valence-corrected chi connectivity index (χ4v) is 5.55. The van der Waals surface area contributed by atoms with E-state index in [1.54, 1.807) is 6.92 Å². The maximum Gasteiger partial charge on any atom is 0.446 e. The van der Waals surface area contributed by atoms with Crippen molar-refractivity contribution in [2.24, 2.45) is 0 Å². The zero-order valence-corrected chi connectivity index (χ0v) is 17.7. The number of carbonyl (C=O) groups is 2. The Kier molecular flexibility index (Phi) is 4.18. The maximum absolute atomic E-state index is 13.6. The highest BCUT2D eigenvalue weighted by Gasteiger charge is 2.65. The monoisotopic (exact) mass is 462 g/mol. The van der Waals surface area contributed by atoms with Gasteiger partial charge in [0, 0.05) is 40.9 Å². The van der Waals surface area contributed by atoms with Gasteiger partial charge in [-0.25, -0.2) is 0 Å². The zero-order chi connectivity index (χ0) is 23.2. The van der Waals surface area contributed by atoms with Gasteiger partial charge in [-0.05, 0) is 36.2 Å². The standard InChI is InChI=1S/C21H18O10S/c1-20-6-5-14(23)16-17(20)21(29-2,30-19(16)25)18(24)11-7-9-10(8-12(11)20)15(4-3-13(9)22)31-32(26,27)28/h3-4,7-8,19,22,25H,5-6H2,1-2H3,(H,26,27,28)/t19-,20-,21-/m0/s1. The van der Waals surface area contributed by atoms with Crippen molar-refractivity contribution in [3.63, 3.8) is 0 Å². The molecular formula is C21H18O10S. The summed E-state index contributed by atoms with van der Waals surface area (Å²) in [5, 5.41) is 21.1. The molecular weight excluding hydrogens is 444 g/mol. The summed E-state index contributed by atoms with van der Waals surface area (Å²) in [7, 11) is -3.63. The van der Waals surface area contributed by atoms with Crippen LogP contribution < -0.4 is 4.18 Å². The van der Waals surface area contributed by atoms with Crippen molar-refractivity contribution in [2.75, 3.05) is 7.11 Å². The van der Waals surface area contributed by atoms with Crippen LogP contribution in [0.5, 0.6) is 11.5 Å². The summed E-state index contributed by atoms with van der Waals surface area (Å²) >= 11 is 0. The maximum atomic E-state index is 13.6. The fourth-order valence-electron chi connectivity index (χ4n) is 5.17. The first-order valence-electron chi connectivity index (χ1n) is 9.64. The molecule has 0 aromatic heterocycles. The number of fused-ring (bicyclic) bond motifs is 3. The average Bonchev–Trinajstić information content (AvgIpc) is 3.05. The number of methoxy groups -OCH3 is 1. The number of ether oxygens (including phenoxy) is 2. The number of aromatic hydroxyl groups is 1. The normalized spacial score (nSPS) is 29.3. The van der Waals surface area contributed by atoms with Gasteiger partial charge >= 0.3 is 10.4 Å². The Morgan fingerprint density at radius 2 is 1.91 bits per heavy atom. The Morgan fingerprint density at radius 3 is 2.56 bits per heavy atom. The number of hydrogen-bond acceptors (Lipinski definition) is 9. The molecule has 3 N–H and O–H groups in total. The lowest BCUT2D eigenvalue weighted by molar-refractivity contribution is -0.215. The lowest BCUT2D eigenvalue weighted by Crippen LogP contribution is -2.54. The molecule has 168 valence electrons. The largest absolute Gasteiger partial charge is 0.507 e. The van der Waals surface area contributed by atoms with E-state index in [4.69, 9.17) is 14.0 Å². The quantitative estimate of drug-likeness (QED) is 0.572. The average molecular weight is 462 g/mol. The van der Waals surface area contributed by atoms with Gasteiger partial charge in [0.15, 0.2) is 17.8 Å². The lowest BCUT2D eigenvalue weighted by Gasteiger charge is -2.46. The topological polar surface area (TPSA) is 157 Å². The second kappa shape index (κ2) is 6.36. The first-order chi connectivity index (χ1) is 14.9. The Bertz CT molecular complexity index is 1370. The van der Waals surface area contributed by atoms with E-state index in [0.717, 1.165) is 6.07 Å². The van der Waals surface area contributed by atoms with Gasteiger partial charge in [-0.3, -0.25) is 14.1 Å². The summed E-state index contributed by atoms with van der Waals surface area (Å²) in [6, 6.07) is 5.16. The first kappa shape index (κ1) is 21.0. The highest BCUT2D eigenvalue weighted by molar-refractivity contribution is 7.81. The van der Waals surface area contributed by atoms with Crippen LogP contribution in [0.15, 0.2) is 35.4 Å². The molecule has 0 amide bonds. The molecule has 0 fully saturated rings. The van der Waals surface area contributed by atoms with Crippen LogP contribution in [0.25, 0.3) is 10.8 Å². The summed E-state index contributed by atoms with van der Waals surface area (Å²) in [6.45, 7) is 1.77. The van der Waals surface area contributed by atoms with Crippen LogP contribution >= 0.6 is 0 Å². The molecule has 11 heteroatoms. The molecule has 3 atom stereocenters. The van der Waals surface area contributed by atoms with Gasteiger partial charge in [0.05, 0.1) is 5.57 Å². The molecule has 32 heavy (non-hydrogen) atoms. The van der Waals surface area contributed by atoms with Gasteiger partial charge in [0.25, 0.3) is 5.79 Å². The fraction of sp³-hybridized carbons (Fsp3) is 0.333. The predicted octanol–water partition coefficient (Wildman–Crippen LogP) is 1.53. The number of ketones is 2. The van der Waals surface area contributed by atoms with Gasteiger partial charge in [0.1, 0.15) is 5.75 Å². The minimum Gasteiger partial charge on any atom is -0.507 e. The van der Waals surface area contributed by atoms with Crippen LogP contribution in [0.1, 0.15) is 35.7 Å². The molecule has 2 aromatic rings. The van der Waals surface area contributed by atoms with E-state index >= 15 is 0 Å². The molecule has 0 bridgehead atoms. The molecule has 0 saturated carbocycles. The Labute approximate surface area is 182 Å². The molecule has 10 nitrogen and oxygen atoms in total. The van der Waals surface area contributed by atoms with Crippen molar-refractivity contribution in [1.29, 1.82) is 0 Å².